The lowest BCUT2D eigenvalue weighted by molar-refractivity contribution is -0.129. The number of para-hydroxylation sites is 3. The van der Waals surface area contributed by atoms with Crippen LogP contribution in [0.15, 0.2) is 83.8 Å². The predicted molar refractivity (Wildman–Crippen MR) is 137 cm³/mol. The van der Waals surface area contributed by atoms with E-state index >= 15 is 0 Å². The highest BCUT2D eigenvalue weighted by Gasteiger charge is 2.19. The summed E-state index contributed by atoms with van der Waals surface area (Å²) in [6, 6.07) is 21.3. The number of rotatable bonds is 8. The van der Waals surface area contributed by atoms with Gasteiger partial charge in [-0.25, -0.2) is 8.42 Å². The summed E-state index contributed by atoms with van der Waals surface area (Å²) in [7, 11) is -3.94. The van der Waals surface area contributed by atoms with Crippen LogP contribution in [0.2, 0.25) is 0 Å². The third-order valence-electron chi connectivity index (χ3n) is 5.62. The number of sulfonamides is 1. The van der Waals surface area contributed by atoms with E-state index in [4.69, 9.17) is 4.74 Å². The SMILES string of the molecule is O=C(NCC(=O)N1CCCNCC1)c1ccc(S(=O)(=O)Nc2ccccc2Oc2ccccc2)cc1. The number of amides is 2. The van der Waals surface area contributed by atoms with Crippen LogP contribution in [0.1, 0.15) is 16.8 Å². The van der Waals surface area contributed by atoms with Gasteiger partial charge in [0.15, 0.2) is 5.75 Å². The van der Waals surface area contributed by atoms with Gasteiger partial charge in [0.25, 0.3) is 15.9 Å². The number of ether oxygens (including phenoxy) is 1. The lowest BCUT2D eigenvalue weighted by atomic mass is 10.2. The van der Waals surface area contributed by atoms with E-state index in [1.807, 2.05) is 18.2 Å². The highest BCUT2D eigenvalue weighted by Crippen LogP contribution is 2.30. The molecule has 0 unspecified atom stereocenters. The summed E-state index contributed by atoms with van der Waals surface area (Å²) in [6.45, 7) is 2.74. The largest absolute Gasteiger partial charge is 0.455 e. The molecule has 0 radical (unpaired) electrons. The lowest BCUT2D eigenvalue weighted by Crippen LogP contribution is -2.41. The first-order chi connectivity index (χ1) is 17.4. The van der Waals surface area contributed by atoms with Crippen molar-refractivity contribution in [1.82, 2.24) is 15.5 Å². The molecular formula is C26H28N4O5S. The molecule has 0 saturated carbocycles. The molecule has 1 heterocycles. The molecule has 188 valence electrons. The second-order valence-electron chi connectivity index (χ2n) is 8.21. The van der Waals surface area contributed by atoms with Crippen molar-refractivity contribution < 1.29 is 22.7 Å². The van der Waals surface area contributed by atoms with Crippen molar-refractivity contribution in [2.24, 2.45) is 0 Å². The molecule has 0 aliphatic carbocycles. The van der Waals surface area contributed by atoms with Crippen LogP contribution < -0.4 is 20.1 Å². The Morgan fingerprint density at radius 2 is 1.61 bits per heavy atom. The number of nitrogens with one attached hydrogen (secondary N) is 3. The Balaban J connectivity index is 1.38. The van der Waals surface area contributed by atoms with Crippen LogP contribution in [0.3, 0.4) is 0 Å². The van der Waals surface area contributed by atoms with Gasteiger partial charge in [-0.2, -0.15) is 0 Å². The molecule has 3 aromatic carbocycles. The first-order valence-corrected chi connectivity index (χ1v) is 13.1. The van der Waals surface area contributed by atoms with Crippen LogP contribution in [0.5, 0.6) is 11.5 Å². The molecule has 2 amide bonds. The van der Waals surface area contributed by atoms with Gasteiger partial charge in [-0.1, -0.05) is 30.3 Å². The molecule has 4 rings (SSSR count). The van der Waals surface area contributed by atoms with Gasteiger partial charge in [0, 0.05) is 25.2 Å². The lowest BCUT2D eigenvalue weighted by Gasteiger charge is -2.20. The topological polar surface area (TPSA) is 117 Å². The van der Waals surface area contributed by atoms with Crippen molar-refractivity contribution in [1.29, 1.82) is 0 Å². The zero-order chi connectivity index (χ0) is 25.4. The number of hydrogen-bond donors (Lipinski definition) is 3. The minimum Gasteiger partial charge on any atom is -0.455 e. The van der Waals surface area contributed by atoms with Crippen molar-refractivity contribution in [2.45, 2.75) is 11.3 Å². The van der Waals surface area contributed by atoms with E-state index in [0.29, 0.717) is 24.6 Å². The minimum absolute atomic E-state index is 0.0123. The van der Waals surface area contributed by atoms with E-state index < -0.39 is 15.9 Å². The van der Waals surface area contributed by atoms with Crippen LogP contribution in [-0.4, -0.2) is 57.9 Å². The van der Waals surface area contributed by atoms with Gasteiger partial charge in [-0.15, -0.1) is 0 Å². The first kappa shape index (κ1) is 25.2. The molecule has 0 atom stereocenters. The molecule has 3 aromatic rings. The van der Waals surface area contributed by atoms with Crippen molar-refractivity contribution in [3.8, 4) is 11.5 Å². The maximum Gasteiger partial charge on any atom is 0.262 e. The molecule has 1 fully saturated rings. The summed E-state index contributed by atoms with van der Waals surface area (Å²) in [5.74, 6) is 0.334. The normalized spacial score (nSPS) is 13.9. The van der Waals surface area contributed by atoms with Crippen LogP contribution in [0.25, 0.3) is 0 Å². The fourth-order valence-corrected chi connectivity index (χ4v) is 4.78. The van der Waals surface area contributed by atoms with Crippen LogP contribution in [0, 0.1) is 0 Å². The Morgan fingerprint density at radius 3 is 2.39 bits per heavy atom. The van der Waals surface area contributed by atoms with Gasteiger partial charge in [-0.05, 0) is 61.5 Å². The van der Waals surface area contributed by atoms with Gasteiger partial charge in [0.1, 0.15) is 5.75 Å². The smallest absolute Gasteiger partial charge is 0.262 e. The van der Waals surface area contributed by atoms with E-state index in [9.17, 15) is 18.0 Å². The highest BCUT2D eigenvalue weighted by atomic mass is 32.2. The molecule has 9 nitrogen and oxygen atoms in total. The molecule has 0 spiro atoms. The van der Waals surface area contributed by atoms with E-state index in [1.165, 1.54) is 24.3 Å². The monoisotopic (exact) mass is 508 g/mol. The Labute approximate surface area is 210 Å². The number of carbonyl (C=O) groups is 2. The van der Waals surface area contributed by atoms with Crippen molar-refractivity contribution in [3.63, 3.8) is 0 Å². The zero-order valence-electron chi connectivity index (χ0n) is 19.6. The number of hydrogen-bond acceptors (Lipinski definition) is 6. The van der Waals surface area contributed by atoms with Gasteiger partial charge in [-0.3, -0.25) is 14.3 Å². The van der Waals surface area contributed by atoms with E-state index in [0.717, 1.165) is 19.5 Å². The summed E-state index contributed by atoms with van der Waals surface area (Å²) >= 11 is 0. The average molecular weight is 509 g/mol. The van der Waals surface area contributed by atoms with Crippen molar-refractivity contribution in [2.75, 3.05) is 37.4 Å². The number of anilines is 1. The minimum atomic E-state index is -3.94. The molecule has 36 heavy (non-hydrogen) atoms. The summed E-state index contributed by atoms with van der Waals surface area (Å²) in [5, 5.41) is 5.84. The highest BCUT2D eigenvalue weighted by molar-refractivity contribution is 7.92. The molecular weight excluding hydrogens is 480 g/mol. The molecule has 0 aromatic heterocycles. The Kier molecular flexibility index (Phi) is 8.19. The van der Waals surface area contributed by atoms with Crippen LogP contribution in [0.4, 0.5) is 5.69 Å². The number of benzene rings is 3. The Morgan fingerprint density at radius 1 is 0.889 bits per heavy atom. The summed E-state index contributed by atoms with van der Waals surface area (Å²) in [4.78, 5) is 26.6. The van der Waals surface area contributed by atoms with E-state index in [2.05, 4.69) is 15.4 Å². The Bertz CT molecular complexity index is 1290. The molecule has 1 aliphatic heterocycles. The zero-order valence-corrected chi connectivity index (χ0v) is 20.5. The van der Waals surface area contributed by atoms with Crippen molar-refractivity contribution >= 4 is 27.5 Å². The summed E-state index contributed by atoms with van der Waals surface area (Å²) in [6.07, 6.45) is 0.868. The maximum atomic E-state index is 13.0. The molecule has 0 bridgehead atoms. The van der Waals surface area contributed by atoms with Gasteiger partial charge < -0.3 is 20.3 Å². The molecule has 3 N–H and O–H groups in total. The van der Waals surface area contributed by atoms with Crippen LogP contribution >= 0.6 is 0 Å². The van der Waals surface area contributed by atoms with E-state index in [-0.39, 0.29) is 28.6 Å². The van der Waals surface area contributed by atoms with Gasteiger partial charge in [0.05, 0.1) is 17.1 Å². The quantitative estimate of drug-likeness (QED) is 0.431. The standard InChI is InChI=1S/C26H28N4O5S/c31-25(30-17-6-15-27-16-18-30)19-28-26(32)20-11-13-22(14-12-20)36(33,34)29-23-9-4-5-10-24(23)35-21-7-2-1-3-8-21/h1-5,7-14,27,29H,6,15-19H2,(H,28,32). The van der Waals surface area contributed by atoms with Gasteiger partial charge >= 0.3 is 0 Å². The summed E-state index contributed by atoms with van der Waals surface area (Å²) < 4.78 is 34.3. The second kappa shape index (κ2) is 11.7. The predicted octanol–water partition coefficient (Wildman–Crippen LogP) is 2.83. The summed E-state index contributed by atoms with van der Waals surface area (Å²) in [5.41, 5.74) is 0.539. The van der Waals surface area contributed by atoms with Gasteiger partial charge in [0.2, 0.25) is 5.91 Å². The number of carbonyl (C=O) groups excluding carboxylic acids is 2. The molecule has 10 heteroatoms. The third-order valence-corrected chi connectivity index (χ3v) is 7.00. The Hall–Kier alpha value is -3.89. The van der Waals surface area contributed by atoms with E-state index in [1.54, 1.807) is 41.3 Å². The molecule has 1 aliphatic rings. The number of nitrogens with zero attached hydrogens (tertiary/aromatic N) is 1. The fourth-order valence-electron chi connectivity index (χ4n) is 3.71. The fraction of sp³-hybridized carbons (Fsp3) is 0.231. The third kappa shape index (κ3) is 6.61. The maximum absolute atomic E-state index is 13.0. The molecule has 1 saturated heterocycles. The first-order valence-electron chi connectivity index (χ1n) is 11.6. The van der Waals surface area contributed by atoms with Crippen LogP contribution in [-0.2, 0) is 14.8 Å². The average Bonchev–Trinajstić information content (AvgIpc) is 3.19. The second-order valence-corrected chi connectivity index (χ2v) is 9.89. The van der Waals surface area contributed by atoms with Crippen molar-refractivity contribution in [3.05, 3.63) is 84.4 Å².